The monoisotopic (exact) mass is 826 g/mol. The lowest BCUT2D eigenvalue weighted by molar-refractivity contribution is -0.232. The molecule has 0 amide bonds. The van der Waals surface area contributed by atoms with Crippen molar-refractivity contribution in [2.24, 2.45) is 0 Å². The predicted molar refractivity (Wildman–Crippen MR) is 131 cm³/mol. The zero-order valence-electron chi connectivity index (χ0n) is 22.4. The van der Waals surface area contributed by atoms with E-state index >= 15 is 0 Å². The molecule has 0 saturated heterocycles. The van der Waals surface area contributed by atoms with Gasteiger partial charge in [-0.25, -0.2) is 32.4 Å². The molecule has 0 aliphatic heterocycles. The van der Waals surface area contributed by atoms with Crippen molar-refractivity contribution in [3.8, 4) is 0 Å². The summed E-state index contributed by atoms with van der Waals surface area (Å²) in [5.41, 5.74) is -2.62. The molecule has 0 aliphatic carbocycles. The van der Waals surface area contributed by atoms with Crippen LogP contribution in [-0.2, 0) is 73.8 Å². The number of likely N-dealkylation sites (N-methyl/N-ethyl adjacent to an activating group) is 1. The molecule has 0 spiro atoms. The SMILES string of the molecule is CN(C)C(COP(=O)(O)F)(COP(=O)(F)OOP(=O)(F)OOP(=O)(F)OOP(=O)(F)OOP(=O)(O)F)On1nnc2cccnc21.N. The quantitative estimate of drug-likeness (QED) is 0.0492. The summed E-state index contributed by atoms with van der Waals surface area (Å²) in [4.78, 5) is 27.5. The molecule has 0 fully saturated rings. The number of pyridine rings is 1. The molecule has 37 heteroatoms. The van der Waals surface area contributed by atoms with Crippen LogP contribution in [0.15, 0.2) is 18.3 Å². The molecular formula is C10H18F6N6O19P6. The second-order valence-electron chi connectivity index (χ2n) is 7.51. The van der Waals surface area contributed by atoms with Gasteiger partial charge in [0.15, 0.2) is 0 Å². The van der Waals surface area contributed by atoms with Crippen LogP contribution in [0.2, 0.25) is 0 Å². The maximum absolute atomic E-state index is 14.4. The van der Waals surface area contributed by atoms with Gasteiger partial charge in [-0.05, 0) is 31.4 Å². The van der Waals surface area contributed by atoms with Gasteiger partial charge in [-0.2, -0.15) is 0 Å². The number of rotatable bonds is 21. The minimum Gasteiger partial charge on any atom is -0.366 e. The van der Waals surface area contributed by atoms with E-state index in [2.05, 4.69) is 61.7 Å². The average Bonchev–Trinajstić information content (AvgIpc) is 3.32. The summed E-state index contributed by atoms with van der Waals surface area (Å²) in [6.07, 6.45) is 1.22. The standard InChI is InChI=1S/C10H15F6N5O19P6.H3N/c1-20(2)10(6-30-41(11,22)23,32-21-9-8(18-19-21)4-3-5-17-9)7-31-43(13,26)35-36-45(15,28)39-40-46(16,29)38-37-44(14,27)34-33-42(12,24)25;/h3-5H,6-7H2,1-2H3,(H,22,23)(H,24,25);1H3. The topological polar surface area (TPSA) is 326 Å². The predicted octanol–water partition coefficient (Wildman–Crippen LogP) is 4.95. The fourth-order valence-electron chi connectivity index (χ4n) is 2.14. The lowest BCUT2D eigenvalue weighted by Crippen LogP contribution is -2.59. The fourth-order valence-corrected chi connectivity index (χ4v) is 5.53. The highest BCUT2D eigenvalue weighted by atomic mass is 31.2. The number of hydrogen-bond donors (Lipinski definition) is 3. The largest absolute Gasteiger partial charge is 0.569 e. The van der Waals surface area contributed by atoms with Crippen molar-refractivity contribution in [2.75, 3.05) is 27.3 Å². The lowest BCUT2D eigenvalue weighted by atomic mass is 10.2. The minimum atomic E-state index is -6.72. The number of nitrogens with zero attached hydrogens (tertiary/aromatic N) is 5. The van der Waals surface area contributed by atoms with Gasteiger partial charge in [-0.3, -0.25) is 23.7 Å². The molecule has 0 bridgehead atoms. The first-order valence-electron chi connectivity index (χ1n) is 10.3. The van der Waals surface area contributed by atoms with Crippen LogP contribution in [0.3, 0.4) is 0 Å². The van der Waals surface area contributed by atoms with Gasteiger partial charge in [0.25, 0.3) is 0 Å². The van der Waals surface area contributed by atoms with E-state index in [4.69, 9.17) is 14.6 Å². The maximum atomic E-state index is 14.4. The van der Waals surface area contributed by atoms with E-state index in [0.717, 1.165) is 19.0 Å². The highest BCUT2D eigenvalue weighted by Gasteiger charge is 2.46. The Bertz CT molecular complexity index is 1640. The molecule has 2 aromatic heterocycles. The Balaban J connectivity index is 0.0000110. The van der Waals surface area contributed by atoms with Crippen LogP contribution in [0.5, 0.6) is 0 Å². The van der Waals surface area contributed by atoms with Crippen molar-refractivity contribution < 1.29 is 114 Å². The van der Waals surface area contributed by atoms with Gasteiger partial charge in [-0.1, -0.05) is 4.85 Å². The van der Waals surface area contributed by atoms with E-state index < -0.39 is 66.4 Å². The molecule has 0 aliphatic rings. The van der Waals surface area contributed by atoms with Crippen LogP contribution in [0.25, 0.3) is 11.2 Å². The van der Waals surface area contributed by atoms with Crippen molar-refractivity contribution in [3.05, 3.63) is 18.3 Å². The molecule has 0 saturated carbocycles. The summed E-state index contributed by atoms with van der Waals surface area (Å²) in [5.74, 6) is 0. The molecule has 47 heavy (non-hydrogen) atoms. The van der Waals surface area contributed by atoms with Crippen LogP contribution >= 0.6 is 47.4 Å². The Morgan fingerprint density at radius 3 is 1.64 bits per heavy atom. The summed E-state index contributed by atoms with van der Waals surface area (Å²) in [5, 5.41) is 7.18. The average molecular weight is 826 g/mol. The van der Waals surface area contributed by atoms with Gasteiger partial charge in [0.2, 0.25) is 11.4 Å². The number of hydrogen-bond acceptors (Lipinski definition) is 22. The van der Waals surface area contributed by atoms with E-state index in [1.807, 2.05) is 0 Å². The van der Waals surface area contributed by atoms with Crippen LogP contribution in [0, 0.1) is 0 Å². The molecule has 0 radical (unpaired) electrons. The normalized spacial score (nSPS) is 21.2. The van der Waals surface area contributed by atoms with E-state index in [1.54, 1.807) is 0 Å². The summed E-state index contributed by atoms with van der Waals surface area (Å²) < 4.78 is 179. The summed E-state index contributed by atoms with van der Waals surface area (Å²) in [6, 6.07) is 2.79. The fraction of sp³-hybridized carbons (Fsp3) is 0.500. The van der Waals surface area contributed by atoms with Crippen molar-refractivity contribution in [1.29, 1.82) is 0 Å². The number of halogens is 6. The molecule has 274 valence electrons. The number of aromatic nitrogens is 4. The first-order chi connectivity index (χ1) is 20.7. The Kier molecular flexibility index (Phi) is 15.5. The second-order valence-corrected chi connectivity index (χ2v) is 14.5. The van der Waals surface area contributed by atoms with Gasteiger partial charge >= 0.3 is 47.4 Å². The highest BCUT2D eigenvalue weighted by Crippen LogP contribution is 2.65. The first kappa shape index (κ1) is 43.8. The molecule has 7 atom stereocenters. The second kappa shape index (κ2) is 16.6. The van der Waals surface area contributed by atoms with Gasteiger partial charge in [-0.15, -0.1) is 67.7 Å². The van der Waals surface area contributed by atoms with Crippen LogP contribution < -0.4 is 11.0 Å². The summed E-state index contributed by atoms with van der Waals surface area (Å²) in [7, 11) is -36.1. The smallest absolute Gasteiger partial charge is 0.366 e. The van der Waals surface area contributed by atoms with E-state index in [-0.39, 0.29) is 17.3 Å². The molecule has 7 unspecified atom stereocenters. The van der Waals surface area contributed by atoms with Crippen LogP contribution in [0.1, 0.15) is 0 Å². The highest BCUT2D eigenvalue weighted by molar-refractivity contribution is 7.52. The van der Waals surface area contributed by atoms with Crippen molar-refractivity contribution >= 4 is 58.6 Å². The van der Waals surface area contributed by atoms with Gasteiger partial charge in [0.05, 0.1) is 0 Å². The van der Waals surface area contributed by atoms with Gasteiger partial charge in [0.1, 0.15) is 18.7 Å². The molecule has 0 aromatic carbocycles. The summed E-state index contributed by atoms with van der Waals surface area (Å²) >= 11 is 0. The van der Waals surface area contributed by atoms with E-state index in [0.29, 0.717) is 4.85 Å². The van der Waals surface area contributed by atoms with Crippen molar-refractivity contribution in [2.45, 2.75) is 5.72 Å². The van der Waals surface area contributed by atoms with Crippen molar-refractivity contribution in [1.82, 2.24) is 31.2 Å². The third-order valence-corrected chi connectivity index (χ3v) is 7.38. The zero-order valence-corrected chi connectivity index (χ0v) is 27.7. The maximum Gasteiger partial charge on any atom is 0.569 e. The van der Waals surface area contributed by atoms with Gasteiger partial charge in [0, 0.05) is 6.20 Å². The zero-order chi connectivity index (χ0) is 35.2. The lowest BCUT2D eigenvalue weighted by Gasteiger charge is -2.37. The molecule has 2 heterocycles. The summed E-state index contributed by atoms with van der Waals surface area (Å²) in [6.45, 7) is -2.89. The Hall–Kier alpha value is -1.25. The number of fused-ring (bicyclic) bond motifs is 1. The third kappa shape index (κ3) is 15.9. The van der Waals surface area contributed by atoms with Crippen LogP contribution in [-0.4, -0.2) is 67.9 Å². The van der Waals surface area contributed by atoms with Gasteiger partial charge < -0.3 is 11.0 Å². The Morgan fingerprint density at radius 2 is 1.19 bits per heavy atom. The molecule has 25 nitrogen and oxygen atoms in total. The van der Waals surface area contributed by atoms with Crippen LogP contribution in [0.4, 0.5) is 25.2 Å². The Morgan fingerprint density at radius 1 is 0.745 bits per heavy atom. The van der Waals surface area contributed by atoms with E-state index in [1.165, 1.54) is 18.3 Å². The third-order valence-electron chi connectivity index (χ3n) is 3.99. The van der Waals surface area contributed by atoms with Crippen molar-refractivity contribution in [3.63, 3.8) is 0 Å². The molecule has 5 N–H and O–H groups in total. The Labute approximate surface area is 255 Å². The minimum absolute atomic E-state index is 0. The molecule has 2 aromatic rings. The molecular weight excluding hydrogens is 808 g/mol. The van der Waals surface area contributed by atoms with E-state index in [9.17, 15) is 52.6 Å². The molecule has 2 rings (SSSR count). The first-order valence-corrected chi connectivity index (χ1v) is 19.0.